The van der Waals surface area contributed by atoms with Crippen LogP contribution in [0.4, 0.5) is 0 Å². The zero-order valence-corrected chi connectivity index (χ0v) is 18.9. The van der Waals surface area contributed by atoms with Crippen LogP contribution in [0.5, 0.6) is 0 Å². The molecule has 13 nitrogen and oxygen atoms in total. The summed E-state index contributed by atoms with van der Waals surface area (Å²) in [7, 11) is -18.4. The predicted molar refractivity (Wildman–Crippen MR) is 92.1 cm³/mol. The molecule has 1 fully saturated rings. The van der Waals surface area contributed by atoms with Crippen molar-refractivity contribution in [3.05, 3.63) is 0 Å². The molecular weight excluding hydrogens is 452 g/mol. The van der Waals surface area contributed by atoms with Gasteiger partial charge in [0.2, 0.25) is 0 Å². The molecule has 1 heterocycles. The van der Waals surface area contributed by atoms with Gasteiger partial charge in [-0.2, -0.15) is 12.9 Å². The molecule has 2 unspecified atom stereocenters. The Morgan fingerprint density at radius 3 is 1.52 bits per heavy atom. The first-order valence-corrected chi connectivity index (χ1v) is 13.8. The minimum absolute atomic E-state index is 0.0904. The molecule has 162 valence electrons. The number of hydrogen-bond donors (Lipinski definition) is 0. The average Bonchev–Trinajstić information content (AvgIpc) is 2.92. The monoisotopic (exact) mass is 476 g/mol. The van der Waals surface area contributed by atoms with Gasteiger partial charge < -0.3 is 0 Å². The summed E-state index contributed by atoms with van der Waals surface area (Å²) in [4.78, 5) is 0. The summed E-state index contributed by atoms with van der Waals surface area (Å²) in [5, 5.41) is 0. The van der Waals surface area contributed by atoms with Gasteiger partial charge in [-0.05, 0) is 27.7 Å². The van der Waals surface area contributed by atoms with Gasteiger partial charge in [0.1, 0.15) is 0 Å². The maximum atomic E-state index is 12.8. The lowest BCUT2D eigenvalue weighted by Gasteiger charge is -2.25. The van der Waals surface area contributed by atoms with Gasteiger partial charge in [-0.25, -0.2) is 18.3 Å². The molecule has 0 aromatic rings. The van der Waals surface area contributed by atoms with Gasteiger partial charge >= 0.3 is 31.3 Å². The fourth-order valence-electron chi connectivity index (χ4n) is 1.59. The molecule has 0 aromatic heterocycles. The van der Waals surface area contributed by atoms with Crippen LogP contribution in [0, 0.1) is 0 Å². The maximum Gasteiger partial charge on any atom is 0.492 e. The van der Waals surface area contributed by atoms with E-state index in [9.17, 15) is 18.3 Å². The smallest absolute Gasteiger partial charge is 0.287 e. The second-order valence-electron chi connectivity index (χ2n) is 4.37. The molecule has 1 aliphatic heterocycles. The van der Waals surface area contributed by atoms with E-state index in [1.165, 1.54) is 27.7 Å². The van der Waals surface area contributed by atoms with Gasteiger partial charge in [0.15, 0.2) is 0 Å². The van der Waals surface area contributed by atoms with Crippen molar-refractivity contribution in [1.29, 1.82) is 0 Å². The first kappa shape index (κ1) is 25.6. The molecule has 0 spiro atoms. The Balaban J connectivity index is 3.10. The normalized spacial score (nSPS) is 21.6. The van der Waals surface area contributed by atoms with Gasteiger partial charge in [-0.3, -0.25) is 27.1 Å². The van der Waals surface area contributed by atoms with Gasteiger partial charge in [0.25, 0.3) is 0 Å². The Morgan fingerprint density at radius 1 is 0.704 bits per heavy atom. The summed E-state index contributed by atoms with van der Waals surface area (Å²) in [5.41, 5.74) is 0. The first-order valence-electron chi connectivity index (χ1n) is 7.98. The molecule has 0 bridgehead atoms. The Bertz CT molecular complexity index is 631. The second kappa shape index (κ2) is 11.1. The molecule has 0 aliphatic carbocycles. The fourth-order valence-corrected chi connectivity index (χ4v) is 8.82. The number of rotatable bonds is 14. The summed E-state index contributed by atoms with van der Waals surface area (Å²) < 4.78 is 93.4. The highest BCUT2D eigenvalue weighted by Crippen LogP contribution is 2.77. The highest BCUT2D eigenvalue weighted by Gasteiger charge is 2.51. The molecule has 0 saturated carbocycles. The van der Waals surface area contributed by atoms with Gasteiger partial charge in [-0.1, -0.05) is 0 Å². The van der Waals surface area contributed by atoms with Gasteiger partial charge in [0, 0.05) is 0 Å². The molecule has 17 heteroatoms. The number of phosphoric acid groups is 4. The van der Waals surface area contributed by atoms with E-state index in [-0.39, 0.29) is 39.6 Å². The largest absolute Gasteiger partial charge is 0.492 e. The van der Waals surface area contributed by atoms with Crippen molar-refractivity contribution in [2.75, 3.05) is 39.6 Å². The minimum atomic E-state index is -4.90. The van der Waals surface area contributed by atoms with Crippen LogP contribution in [0.25, 0.3) is 0 Å². The molecule has 2 atom stereocenters. The maximum absolute atomic E-state index is 12.8. The number of hydrogen-bond acceptors (Lipinski definition) is 13. The lowest BCUT2D eigenvalue weighted by atomic mass is 10.8. The Hall–Kier alpha value is 0.560. The highest BCUT2D eigenvalue weighted by atomic mass is 31.3. The van der Waals surface area contributed by atoms with E-state index in [4.69, 9.17) is 40.1 Å². The van der Waals surface area contributed by atoms with Gasteiger partial charge in [-0.15, -0.1) is 0 Å². The third kappa shape index (κ3) is 8.44. The van der Waals surface area contributed by atoms with E-state index in [1.54, 1.807) is 0 Å². The van der Waals surface area contributed by atoms with E-state index >= 15 is 0 Å². The Kier molecular flexibility index (Phi) is 10.5. The van der Waals surface area contributed by atoms with Crippen molar-refractivity contribution < 1.29 is 58.3 Å². The molecule has 0 radical (unpaired) electrons. The van der Waals surface area contributed by atoms with Crippen LogP contribution in [0.2, 0.25) is 0 Å². The van der Waals surface area contributed by atoms with Crippen LogP contribution in [-0.4, -0.2) is 39.6 Å². The van der Waals surface area contributed by atoms with E-state index in [0.717, 1.165) is 0 Å². The predicted octanol–water partition coefficient (Wildman–Crippen LogP) is 4.66. The summed E-state index contributed by atoms with van der Waals surface area (Å²) in [6.07, 6.45) is 0. The molecule has 1 saturated heterocycles. The lowest BCUT2D eigenvalue weighted by Crippen LogP contribution is -2.05. The molecule has 1 rings (SSSR count). The Labute approximate surface area is 157 Å². The van der Waals surface area contributed by atoms with Crippen LogP contribution < -0.4 is 0 Å². The van der Waals surface area contributed by atoms with Crippen molar-refractivity contribution in [2.24, 2.45) is 0 Å². The zero-order chi connectivity index (χ0) is 20.6. The summed E-state index contributed by atoms with van der Waals surface area (Å²) in [5.74, 6) is 0. The van der Waals surface area contributed by atoms with Crippen molar-refractivity contribution in [2.45, 2.75) is 27.7 Å². The molecule has 0 N–H and O–H groups in total. The highest BCUT2D eigenvalue weighted by molar-refractivity contribution is 7.70. The lowest BCUT2D eigenvalue weighted by molar-refractivity contribution is 0.125. The zero-order valence-electron chi connectivity index (χ0n) is 15.3. The van der Waals surface area contributed by atoms with Crippen LogP contribution in [-0.2, 0) is 58.3 Å². The van der Waals surface area contributed by atoms with Gasteiger partial charge in [0.05, 0.1) is 39.6 Å². The third-order valence-electron chi connectivity index (χ3n) is 2.33. The van der Waals surface area contributed by atoms with Crippen LogP contribution in [0.15, 0.2) is 0 Å². The first-order chi connectivity index (χ1) is 12.6. The fraction of sp³-hybridized carbons (Fsp3) is 1.00. The van der Waals surface area contributed by atoms with Crippen LogP contribution in [0.1, 0.15) is 27.7 Å². The Morgan fingerprint density at radius 2 is 1.07 bits per heavy atom. The van der Waals surface area contributed by atoms with Crippen molar-refractivity contribution in [3.8, 4) is 0 Å². The second-order valence-corrected chi connectivity index (χ2v) is 11.5. The standard InChI is InChI=1S/C10H24O13P4/c1-5-15-24(11,16-6-2)21-26(13,17-7-3)23-27(14,18-8-4)22-25(12)19-9-10-20-25/h5-10H2,1-4H3. The number of phosphoric ester groups is 2. The minimum Gasteiger partial charge on any atom is -0.287 e. The molecule has 0 amide bonds. The van der Waals surface area contributed by atoms with Crippen LogP contribution >= 0.6 is 31.3 Å². The van der Waals surface area contributed by atoms with Crippen molar-refractivity contribution >= 4 is 31.3 Å². The van der Waals surface area contributed by atoms with E-state index in [1.807, 2.05) is 0 Å². The molecule has 1 aliphatic rings. The molecular formula is C10H24O13P4. The molecule has 27 heavy (non-hydrogen) atoms. The topological polar surface area (TPSA) is 151 Å². The van der Waals surface area contributed by atoms with E-state index < -0.39 is 31.3 Å². The van der Waals surface area contributed by atoms with Crippen molar-refractivity contribution in [3.63, 3.8) is 0 Å². The van der Waals surface area contributed by atoms with Crippen molar-refractivity contribution in [1.82, 2.24) is 0 Å². The van der Waals surface area contributed by atoms with E-state index in [2.05, 4.69) is 0 Å². The summed E-state index contributed by atoms with van der Waals surface area (Å²) in [6.45, 7) is 4.81. The summed E-state index contributed by atoms with van der Waals surface area (Å²) >= 11 is 0. The average molecular weight is 476 g/mol. The quantitative estimate of drug-likeness (QED) is 0.320. The van der Waals surface area contributed by atoms with Crippen LogP contribution in [0.3, 0.4) is 0 Å². The SMILES string of the molecule is CCOP(=O)(OCC)OP(=O)(OCC)OP(=O)(OCC)OP1(=O)OCCO1. The van der Waals surface area contributed by atoms with E-state index in [0.29, 0.717) is 0 Å². The summed E-state index contributed by atoms with van der Waals surface area (Å²) in [6, 6.07) is 0. The molecule has 0 aromatic carbocycles. The third-order valence-corrected chi connectivity index (χ3v) is 10.4.